The third-order valence-electron chi connectivity index (χ3n) is 1.75. The molecule has 0 spiro atoms. The molecule has 0 rings (SSSR count). The maximum atomic E-state index is 11.5. The molecule has 0 radical (unpaired) electrons. The number of hydrogen-bond donors (Lipinski definition) is 3. The van der Waals surface area contributed by atoms with E-state index in [0.717, 1.165) is 6.92 Å². The number of aliphatic carboxylic acids is 1. The van der Waals surface area contributed by atoms with Gasteiger partial charge in [0.15, 0.2) is 0 Å². The van der Waals surface area contributed by atoms with Crippen LogP contribution in [0.2, 0.25) is 0 Å². The number of ether oxygens (including phenoxy) is 1. The molecule has 4 N–H and O–H groups in total. The van der Waals surface area contributed by atoms with E-state index < -0.39 is 29.2 Å². The first-order valence-corrected chi connectivity index (χ1v) is 4.45. The topological polar surface area (TPSA) is 110 Å². The van der Waals surface area contributed by atoms with E-state index in [0.29, 0.717) is 0 Å². The molecule has 6 nitrogen and oxygen atoms in total. The molecule has 0 aromatic rings. The zero-order valence-electron chi connectivity index (χ0n) is 9.27. The summed E-state index contributed by atoms with van der Waals surface area (Å²) in [6.07, 6.45) is -1.54. The van der Waals surface area contributed by atoms with Gasteiger partial charge < -0.3 is 20.7 Å². The SMILES string of the molecule is CC(O)C(N)(C(=O)O)C(=O)OC(C)(C)C. The Morgan fingerprint density at radius 3 is 1.93 bits per heavy atom. The van der Waals surface area contributed by atoms with Crippen LogP contribution < -0.4 is 5.73 Å². The van der Waals surface area contributed by atoms with Crippen LogP contribution in [0.25, 0.3) is 0 Å². The minimum absolute atomic E-state index is 0.855. The van der Waals surface area contributed by atoms with Crippen molar-refractivity contribution >= 4 is 11.9 Å². The van der Waals surface area contributed by atoms with Gasteiger partial charge >= 0.3 is 11.9 Å². The zero-order chi connectivity index (χ0) is 12.4. The number of carboxylic acid groups (broad SMARTS) is 1. The lowest BCUT2D eigenvalue weighted by atomic mass is 9.94. The third-order valence-corrected chi connectivity index (χ3v) is 1.75. The fraction of sp³-hybridized carbons (Fsp3) is 0.778. The van der Waals surface area contributed by atoms with Crippen molar-refractivity contribution in [2.45, 2.75) is 44.9 Å². The number of rotatable bonds is 3. The van der Waals surface area contributed by atoms with Crippen molar-refractivity contribution in [1.29, 1.82) is 0 Å². The van der Waals surface area contributed by atoms with Gasteiger partial charge in [-0.2, -0.15) is 0 Å². The lowest BCUT2D eigenvalue weighted by Gasteiger charge is -2.29. The lowest BCUT2D eigenvalue weighted by molar-refractivity contribution is -0.174. The summed E-state index contributed by atoms with van der Waals surface area (Å²) in [6, 6.07) is 0. The van der Waals surface area contributed by atoms with E-state index in [2.05, 4.69) is 0 Å². The second-order valence-electron chi connectivity index (χ2n) is 4.35. The molecular weight excluding hydrogens is 202 g/mol. The van der Waals surface area contributed by atoms with Crippen molar-refractivity contribution in [3.63, 3.8) is 0 Å². The molecule has 0 aliphatic carbocycles. The van der Waals surface area contributed by atoms with E-state index in [-0.39, 0.29) is 0 Å². The zero-order valence-corrected chi connectivity index (χ0v) is 9.27. The number of esters is 1. The number of carboxylic acids is 1. The molecule has 0 bridgehead atoms. The van der Waals surface area contributed by atoms with Crippen LogP contribution in [0, 0.1) is 0 Å². The fourth-order valence-corrected chi connectivity index (χ4v) is 0.799. The average Bonchev–Trinajstić information content (AvgIpc) is 1.98. The Morgan fingerprint density at radius 1 is 1.33 bits per heavy atom. The van der Waals surface area contributed by atoms with Crippen LogP contribution in [-0.2, 0) is 14.3 Å². The highest BCUT2D eigenvalue weighted by molar-refractivity contribution is 6.04. The predicted octanol–water partition coefficient (Wildman–Crippen LogP) is -0.509. The van der Waals surface area contributed by atoms with Gasteiger partial charge in [0.05, 0.1) is 6.10 Å². The Balaban J connectivity index is 4.97. The molecule has 0 aliphatic rings. The highest BCUT2D eigenvalue weighted by Crippen LogP contribution is 2.16. The molecule has 0 saturated heterocycles. The number of nitrogens with two attached hydrogens (primary N) is 1. The van der Waals surface area contributed by atoms with Gasteiger partial charge in [0.2, 0.25) is 5.54 Å². The molecule has 88 valence electrons. The Hall–Kier alpha value is -1.14. The molecular formula is C9H17NO5. The average molecular weight is 219 g/mol. The van der Waals surface area contributed by atoms with Crippen LogP contribution in [0.15, 0.2) is 0 Å². The number of aliphatic hydroxyl groups excluding tert-OH is 1. The van der Waals surface area contributed by atoms with Gasteiger partial charge in [0.1, 0.15) is 5.60 Å². The number of hydrogen-bond acceptors (Lipinski definition) is 5. The van der Waals surface area contributed by atoms with E-state index in [4.69, 9.17) is 15.6 Å². The van der Waals surface area contributed by atoms with Gasteiger partial charge in [-0.1, -0.05) is 0 Å². The summed E-state index contributed by atoms with van der Waals surface area (Å²) >= 11 is 0. The molecule has 6 heteroatoms. The summed E-state index contributed by atoms with van der Waals surface area (Å²) in [5.41, 5.74) is 2.03. The highest BCUT2D eigenvalue weighted by atomic mass is 16.6. The molecule has 0 aliphatic heterocycles. The van der Waals surface area contributed by atoms with E-state index in [1.807, 2.05) is 0 Å². The second-order valence-corrected chi connectivity index (χ2v) is 4.35. The van der Waals surface area contributed by atoms with Crippen molar-refractivity contribution in [3.05, 3.63) is 0 Å². The highest BCUT2D eigenvalue weighted by Gasteiger charge is 2.49. The first-order chi connectivity index (χ1) is 6.51. The van der Waals surface area contributed by atoms with Crippen molar-refractivity contribution < 1.29 is 24.5 Å². The minimum atomic E-state index is -2.42. The molecule has 2 atom stereocenters. The van der Waals surface area contributed by atoms with Gasteiger partial charge in [0, 0.05) is 0 Å². The van der Waals surface area contributed by atoms with Crippen LogP contribution in [-0.4, -0.2) is 39.4 Å². The van der Waals surface area contributed by atoms with Crippen molar-refractivity contribution in [1.82, 2.24) is 0 Å². The van der Waals surface area contributed by atoms with Crippen LogP contribution in [0.3, 0.4) is 0 Å². The molecule has 0 fully saturated rings. The first-order valence-electron chi connectivity index (χ1n) is 4.45. The number of aliphatic hydroxyl groups is 1. The maximum absolute atomic E-state index is 11.5. The van der Waals surface area contributed by atoms with E-state index in [9.17, 15) is 14.7 Å². The van der Waals surface area contributed by atoms with Gasteiger partial charge in [-0.15, -0.1) is 0 Å². The smallest absolute Gasteiger partial charge is 0.341 e. The van der Waals surface area contributed by atoms with E-state index in [1.54, 1.807) is 20.8 Å². The molecule has 0 heterocycles. The van der Waals surface area contributed by atoms with E-state index in [1.165, 1.54) is 0 Å². The fourth-order valence-electron chi connectivity index (χ4n) is 0.799. The summed E-state index contributed by atoms with van der Waals surface area (Å²) < 4.78 is 4.82. The molecule has 0 aromatic heterocycles. The Kier molecular flexibility index (Phi) is 3.84. The van der Waals surface area contributed by atoms with Crippen molar-refractivity contribution in [3.8, 4) is 0 Å². The standard InChI is InChI=1S/C9H17NO5/c1-5(11)9(10,6(12)13)7(14)15-8(2,3)4/h5,11H,10H2,1-4H3,(H,12,13). The third kappa shape index (κ3) is 3.17. The second kappa shape index (κ2) is 4.16. The van der Waals surface area contributed by atoms with Crippen LogP contribution in [0.4, 0.5) is 0 Å². The van der Waals surface area contributed by atoms with Crippen LogP contribution in [0.5, 0.6) is 0 Å². The normalized spacial score (nSPS) is 17.7. The summed E-state index contributed by atoms with van der Waals surface area (Å²) in [5.74, 6) is -2.77. The van der Waals surface area contributed by atoms with Gasteiger partial charge in [0.25, 0.3) is 0 Å². The Morgan fingerprint density at radius 2 is 1.73 bits per heavy atom. The largest absolute Gasteiger partial charge is 0.479 e. The molecule has 0 aromatic carbocycles. The number of carbonyl (C=O) groups is 2. The van der Waals surface area contributed by atoms with E-state index >= 15 is 0 Å². The summed E-state index contributed by atoms with van der Waals surface area (Å²) in [6.45, 7) is 5.86. The molecule has 0 saturated carbocycles. The Bertz CT molecular complexity index is 268. The quantitative estimate of drug-likeness (QED) is 0.435. The van der Waals surface area contributed by atoms with Gasteiger partial charge in [-0.25, -0.2) is 9.59 Å². The van der Waals surface area contributed by atoms with Crippen molar-refractivity contribution in [2.24, 2.45) is 5.73 Å². The van der Waals surface area contributed by atoms with Crippen LogP contribution in [0.1, 0.15) is 27.7 Å². The first kappa shape index (κ1) is 13.9. The monoisotopic (exact) mass is 219 g/mol. The molecule has 2 unspecified atom stereocenters. The van der Waals surface area contributed by atoms with Gasteiger partial charge in [-0.3, -0.25) is 0 Å². The van der Waals surface area contributed by atoms with Crippen LogP contribution >= 0.6 is 0 Å². The predicted molar refractivity (Wildman–Crippen MR) is 52.1 cm³/mol. The maximum Gasteiger partial charge on any atom is 0.341 e. The number of carbonyl (C=O) groups excluding carboxylic acids is 1. The Labute approximate surface area is 88.0 Å². The lowest BCUT2D eigenvalue weighted by Crippen LogP contribution is -2.63. The molecule has 15 heavy (non-hydrogen) atoms. The summed E-state index contributed by atoms with van der Waals surface area (Å²) in [7, 11) is 0. The van der Waals surface area contributed by atoms with Crippen molar-refractivity contribution in [2.75, 3.05) is 0 Å². The minimum Gasteiger partial charge on any atom is -0.479 e. The summed E-state index contributed by atoms with van der Waals surface area (Å²) in [4.78, 5) is 22.3. The summed E-state index contributed by atoms with van der Waals surface area (Å²) in [5, 5.41) is 18.0. The molecule has 0 amide bonds. The van der Waals surface area contributed by atoms with Gasteiger partial charge in [-0.05, 0) is 27.7 Å².